The van der Waals surface area contributed by atoms with Crippen LogP contribution in [0.1, 0.15) is 31.9 Å². The molecule has 0 unspecified atom stereocenters. The first-order valence-electron chi connectivity index (χ1n) is 12.9. The average Bonchev–Trinajstić information content (AvgIpc) is 3.09. The third-order valence-corrected chi connectivity index (χ3v) is 11.7. The Hall–Kier alpha value is -2.51. The molecule has 0 radical (unpaired) electrons. The van der Waals surface area contributed by atoms with E-state index in [1.807, 2.05) is 24.3 Å². The molecular weight excluding hydrogens is 566 g/mol. The Morgan fingerprint density at radius 3 is 2.42 bits per heavy atom. The molecule has 3 aromatic rings. The van der Waals surface area contributed by atoms with Gasteiger partial charge >= 0.3 is 0 Å². The Kier molecular flexibility index (Phi) is 6.50. The summed E-state index contributed by atoms with van der Waals surface area (Å²) in [6.45, 7) is 9.46. The van der Waals surface area contributed by atoms with E-state index in [2.05, 4.69) is 65.5 Å². The normalized spacial score (nSPS) is 24.3. The SMILES string of the molecule is C[C@H]1N(C)c2cc3c(cc2C1(C)C)[P@](=Nc1ccc(Br)cc1)(N1CCOCC1)OC(c1ccc(F)cc1)=N3. The molecule has 2 atom stereocenters. The maximum absolute atomic E-state index is 13.8. The quantitative estimate of drug-likeness (QED) is 0.302. The van der Waals surface area contributed by atoms with E-state index in [4.69, 9.17) is 19.0 Å². The number of hydrogen-bond donors (Lipinski definition) is 0. The third-order valence-electron chi connectivity index (χ3n) is 8.08. The minimum absolute atomic E-state index is 0.0572. The van der Waals surface area contributed by atoms with E-state index in [1.165, 1.54) is 23.4 Å². The van der Waals surface area contributed by atoms with Crippen LogP contribution in [-0.4, -0.2) is 50.0 Å². The number of fused-ring (bicyclic) bond motifs is 2. The van der Waals surface area contributed by atoms with Crippen molar-refractivity contribution in [3.63, 3.8) is 0 Å². The second kappa shape index (κ2) is 9.60. The Morgan fingerprint density at radius 1 is 1.05 bits per heavy atom. The van der Waals surface area contributed by atoms with Crippen LogP contribution >= 0.6 is 23.4 Å². The first kappa shape index (κ1) is 25.8. The molecule has 198 valence electrons. The van der Waals surface area contributed by atoms with Gasteiger partial charge in [-0.1, -0.05) is 29.8 Å². The molecular formula is C29H31BrFN4O2P. The summed E-state index contributed by atoms with van der Waals surface area (Å²) >= 11 is 3.54. The van der Waals surface area contributed by atoms with Crippen LogP contribution in [0.25, 0.3) is 0 Å². The van der Waals surface area contributed by atoms with E-state index in [1.54, 1.807) is 12.1 Å². The summed E-state index contributed by atoms with van der Waals surface area (Å²) in [5.74, 6) is 0.168. The van der Waals surface area contributed by atoms with Gasteiger partial charge in [-0.05, 0) is 73.2 Å². The van der Waals surface area contributed by atoms with Crippen molar-refractivity contribution < 1.29 is 13.7 Å². The van der Waals surface area contributed by atoms with E-state index < -0.39 is 7.43 Å². The highest BCUT2D eigenvalue weighted by Crippen LogP contribution is 2.61. The maximum atomic E-state index is 13.8. The number of hydrogen-bond acceptors (Lipinski definition) is 5. The molecule has 0 spiro atoms. The minimum atomic E-state index is -2.83. The van der Waals surface area contributed by atoms with Gasteiger partial charge < -0.3 is 14.2 Å². The maximum Gasteiger partial charge on any atom is 0.242 e. The van der Waals surface area contributed by atoms with Crippen molar-refractivity contribution in [1.82, 2.24) is 4.67 Å². The molecule has 3 aliphatic rings. The zero-order chi connectivity index (χ0) is 26.7. The second-order valence-corrected chi connectivity index (χ2v) is 14.0. The van der Waals surface area contributed by atoms with Gasteiger partial charge in [-0.25, -0.2) is 18.8 Å². The molecule has 3 heterocycles. The molecule has 6 rings (SSSR count). The van der Waals surface area contributed by atoms with Crippen molar-refractivity contribution in [2.45, 2.75) is 32.2 Å². The number of benzene rings is 3. The van der Waals surface area contributed by atoms with E-state index in [9.17, 15) is 4.39 Å². The zero-order valence-electron chi connectivity index (χ0n) is 22.0. The molecule has 0 amide bonds. The molecule has 0 aromatic heterocycles. The number of nitrogens with zero attached hydrogens (tertiary/aromatic N) is 4. The number of ether oxygens (including phenoxy) is 1. The first-order chi connectivity index (χ1) is 18.2. The van der Waals surface area contributed by atoms with Gasteiger partial charge in [0.2, 0.25) is 13.3 Å². The fourth-order valence-electron chi connectivity index (χ4n) is 5.46. The number of likely N-dealkylation sites (N-methyl/N-ethyl adjacent to an activating group) is 1. The fraction of sp³-hybridized carbons (Fsp3) is 0.345. The summed E-state index contributed by atoms with van der Waals surface area (Å²) in [4.78, 5) is 7.36. The molecule has 38 heavy (non-hydrogen) atoms. The van der Waals surface area contributed by atoms with Gasteiger partial charge in [-0.2, -0.15) is 0 Å². The Bertz CT molecular complexity index is 1470. The van der Waals surface area contributed by atoms with Gasteiger partial charge in [0.25, 0.3) is 0 Å². The molecule has 0 bridgehead atoms. The van der Waals surface area contributed by atoms with Crippen molar-refractivity contribution in [2.75, 3.05) is 38.3 Å². The Balaban J connectivity index is 1.65. The van der Waals surface area contributed by atoms with E-state index >= 15 is 0 Å². The van der Waals surface area contributed by atoms with Gasteiger partial charge in [0.1, 0.15) is 5.82 Å². The zero-order valence-corrected chi connectivity index (χ0v) is 24.5. The number of halogens is 2. The molecule has 9 heteroatoms. The third kappa shape index (κ3) is 4.22. The summed E-state index contributed by atoms with van der Waals surface area (Å²) < 4.78 is 35.3. The standard InChI is InChI=1S/C29H31BrFN4O2P/c1-19-29(2,3)24-17-27-25(18-26(24)34(19)4)32-28(20-5-9-22(31)10-6-20)37-38(27,35-13-15-36-16-14-35)33-23-11-7-21(30)8-12-23/h5-12,17-19H,13-16H2,1-4H3/t19-,38+/m1/s1. The number of rotatable bonds is 3. The van der Waals surface area contributed by atoms with Gasteiger partial charge in [0.15, 0.2) is 0 Å². The smallest absolute Gasteiger partial charge is 0.242 e. The highest BCUT2D eigenvalue weighted by Gasteiger charge is 2.46. The van der Waals surface area contributed by atoms with Crippen LogP contribution in [-0.2, 0) is 14.7 Å². The topological polar surface area (TPSA) is 49.7 Å². The van der Waals surface area contributed by atoms with Crippen LogP contribution < -0.4 is 10.2 Å². The van der Waals surface area contributed by atoms with E-state index in [0.29, 0.717) is 38.2 Å². The van der Waals surface area contributed by atoms with Crippen molar-refractivity contribution in [2.24, 2.45) is 9.74 Å². The van der Waals surface area contributed by atoms with Crippen molar-refractivity contribution in [1.29, 1.82) is 0 Å². The summed E-state index contributed by atoms with van der Waals surface area (Å²) in [6.07, 6.45) is 0. The van der Waals surface area contributed by atoms with Crippen LogP contribution in [0.4, 0.5) is 21.5 Å². The van der Waals surface area contributed by atoms with E-state index in [0.717, 1.165) is 26.7 Å². The monoisotopic (exact) mass is 596 g/mol. The van der Waals surface area contributed by atoms with Crippen LogP contribution in [0, 0.1) is 5.82 Å². The molecule has 3 aliphatic heterocycles. The van der Waals surface area contributed by atoms with E-state index in [-0.39, 0.29) is 11.2 Å². The summed E-state index contributed by atoms with van der Waals surface area (Å²) in [5, 5.41) is 1.02. The number of morpholine rings is 1. The Labute approximate surface area is 231 Å². The minimum Gasteiger partial charge on any atom is -0.424 e. The molecule has 6 nitrogen and oxygen atoms in total. The molecule has 0 aliphatic carbocycles. The molecule has 0 N–H and O–H groups in total. The van der Waals surface area contributed by atoms with Gasteiger partial charge in [-0.15, -0.1) is 0 Å². The highest BCUT2D eigenvalue weighted by molar-refractivity contribution is 9.10. The molecule has 1 fully saturated rings. The van der Waals surface area contributed by atoms with Gasteiger partial charge in [-0.3, -0.25) is 0 Å². The lowest BCUT2D eigenvalue weighted by atomic mass is 9.81. The lowest BCUT2D eigenvalue weighted by Crippen LogP contribution is -2.39. The second-order valence-electron chi connectivity index (χ2n) is 10.6. The van der Waals surface area contributed by atoms with Crippen LogP contribution in [0.5, 0.6) is 0 Å². The average molecular weight is 597 g/mol. The predicted octanol–water partition coefficient (Wildman–Crippen LogP) is 7.13. The molecule has 3 aromatic carbocycles. The summed E-state index contributed by atoms with van der Waals surface area (Å²) in [5.41, 5.74) is 4.81. The lowest BCUT2D eigenvalue weighted by molar-refractivity contribution is 0.0716. The van der Waals surface area contributed by atoms with Crippen LogP contribution in [0.15, 0.2) is 74.9 Å². The van der Waals surface area contributed by atoms with Gasteiger partial charge in [0.05, 0.1) is 29.9 Å². The first-order valence-corrected chi connectivity index (χ1v) is 15.3. The number of anilines is 1. The summed E-state index contributed by atoms with van der Waals surface area (Å²) in [7, 11) is -0.690. The largest absolute Gasteiger partial charge is 0.424 e. The van der Waals surface area contributed by atoms with Crippen molar-refractivity contribution in [3.05, 3.63) is 82.1 Å². The van der Waals surface area contributed by atoms with Crippen LogP contribution in [0.3, 0.4) is 0 Å². The van der Waals surface area contributed by atoms with Crippen molar-refractivity contribution in [3.8, 4) is 0 Å². The molecule has 1 saturated heterocycles. The lowest BCUT2D eigenvalue weighted by Gasteiger charge is -2.41. The van der Waals surface area contributed by atoms with Gasteiger partial charge in [0, 0.05) is 47.3 Å². The predicted molar refractivity (Wildman–Crippen MR) is 156 cm³/mol. The fourth-order valence-corrected chi connectivity index (χ4v) is 8.77. The summed E-state index contributed by atoms with van der Waals surface area (Å²) in [6, 6.07) is 19.1. The van der Waals surface area contributed by atoms with Crippen LogP contribution in [0.2, 0.25) is 0 Å². The number of aliphatic imine (C=N–C) groups is 1. The Morgan fingerprint density at radius 2 is 1.74 bits per heavy atom. The van der Waals surface area contributed by atoms with Crippen molar-refractivity contribution >= 4 is 51.6 Å². The highest BCUT2D eigenvalue weighted by atomic mass is 79.9. The molecule has 0 saturated carbocycles.